The first-order chi connectivity index (χ1) is 8.60. The molecule has 1 saturated heterocycles. The maximum atomic E-state index is 6.04. The molecule has 0 spiro atoms. The van der Waals surface area contributed by atoms with Crippen molar-refractivity contribution in [2.24, 2.45) is 0 Å². The molecular formula is C12H19ClN4S. The fourth-order valence-corrected chi connectivity index (χ4v) is 2.83. The smallest absolute Gasteiger partial charge is 0.190 e. The molecule has 1 aromatic heterocycles. The summed E-state index contributed by atoms with van der Waals surface area (Å²) in [7, 11) is 4.27. The molecule has 1 aliphatic heterocycles. The van der Waals surface area contributed by atoms with E-state index >= 15 is 0 Å². The van der Waals surface area contributed by atoms with Gasteiger partial charge in [0, 0.05) is 19.2 Å². The minimum absolute atomic E-state index is 0.518. The molecule has 4 nitrogen and oxygen atoms in total. The highest BCUT2D eigenvalue weighted by atomic mass is 35.5. The molecule has 0 aliphatic carbocycles. The number of nitrogens with zero attached hydrogens (tertiary/aromatic N) is 4. The van der Waals surface area contributed by atoms with Crippen molar-refractivity contribution in [3.05, 3.63) is 11.2 Å². The van der Waals surface area contributed by atoms with Crippen molar-refractivity contribution in [3.8, 4) is 0 Å². The zero-order valence-electron chi connectivity index (χ0n) is 11.1. The van der Waals surface area contributed by atoms with Gasteiger partial charge in [0.1, 0.15) is 11.0 Å². The van der Waals surface area contributed by atoms with Crippen molar-refractivity contribution in [1.82, 2.24) is 14.9 Å². The summed E-state index contributed by atoms with van der Waals surface area (Å²) < 4.78 is 0. The molecule has 0 amide bonds. The quantitative estimate of drug-likeness (QED) is 0.484. The normalized spacial score (nSPS) is 18.0. The molecule has 0 N–H and O–H groups in total. The molecule has 0 radical (unpaired) electrons. The number of anilines is 1. The van der Waals surface area contributed by atoms with E-state index < -0.39 is 0 Å². The Labute approximate surface area is 118 Å². The first-order valence-electron chi connectivity index (χ1n) is 6.10. The van der Waals surface area contributed by atoms with E-state index in [1.807, 2.05) is 12.3 Å². The summed E-state index contributed by atoms with van der Waals surface area (Å²) in [6.45, 7) is 2.28. The lowest BCUT2D eigenvalue weighted by molar-refractivity contribution is 0.252. The second kappa shape index (κ2) is 6.08. The molecule has 1 aliphatic rings. The van der Waals surface area contributed by atoms with E-state index in [0.717, 1.165) is 24.1 Å². The Morgan fingerprint density at radius 1 is 1.39 bits per heavy atom. The van der Waals surface area contributed by atoms with Crippen LogP contribution in [0.3, 0.4) is 0 Å². The topological polar surface area (TPSA) is 32.3 Å². The van der Waals surface area contributed by atoms with Gasteiger partial charge in [0.05, 0.1) is 0 Å². The molecule has 0 bridgehead atoms. The van der Waals surface area contributed by atoms with Crippen LogP contribution in [0.4, 0.5) is 5.82 Å². The van der Waals surface area contributed by atoms with Gasteiger partial charge in [0.25, 0.3) is 0 Å². The fourth-order valence-electron chi connectivity index (χ4n) is 2.23. The predicted molar refractivity (Wildman–Crippen MR) is 77.7 cm³/mol. The van der Waals surface area contributed by atoms with Crippen LogP contribution in [0.1, 0.15) is 12.8 Å². The van der Waals surface area contributed by atoms with Crippen LogP contribution in [0.5, 0.6) is 0 Å². The highest BCUT2D eigenvalue weighted by Gasteiger charge is 2.22. The van der Waals surface area contributed by atoms with E-state index in [0.29, 0.717) is 11.2 Å². The van der Waals surface area contributed by atoms with Crippen LogP contribution in [-0.2, 0) is 0 Å². The van der Waals surface area contributed by atoms with Gasteiger partial charge in [-0.1, -0.05) is 23.4 Å². The monoisotopic (exact) mass is 286 g/mol. The van der Waals surface area contributed by atoms with E-state index in [1.165, 1.54) is 24.6 Å². The van der Waals surface area contributed by atoms with Crippen LogP contribution < -0.4 is 4.90 Å². The Morgan fingerprint density at radius 2 is 2.06 bits per heavy atom. The van der Waals surface area contributed by atoms with Crippen molar-refractivity contribution in [3.63, 3.8) is 0 Å². The van der Waals surface area contributed by atoms with Gasteiger partial charge in [0.15, 0.2) is 5.16 Å². The van der Waals surface area contributed by atoms with Crippen molar-refractivity contribution in [2.45, 2.75) is 24.0 Å². The number of hydrogen-bond donors (Lipinski definition) is 0. The minimum Gasteiger partial charge on any atom is -0.356 e. The lowest BCUT2D eigenvalue weighted by Crippen LogP contribution is -2.42. The maximum absolute atomic E-state index is 6.04. The molecule has 0 aromatic carbocycles. The number of rotatable bonds is 3. The molecule has 6 heteroatoms. The van der Waals surface area contributed by atoms with Gasteiger partial charge in [0.2, 0.25) is 0 Å². The first kappa shape index (κ1) is 13.9. The predicted octanol–water partition coefficient (Wildman–Crippen LogP) is 2.38. The summed E-state index contributed by atoms with van der Waals surface area (Å²) >= 11 is 7.56. The SMILES string of the molecule is CSc1nc(Cl)cc(N(C)C2CCN(C)CC2)n1. The van der Waals surface area contributed by atoms with Gasteiger partial charge in [-0.05, 0) is 39.2 Å². The van der Waals surface area contributed by atoms with Crippen LogP contribution in [0.25, 0.3) is 0 Å². The number of hydrogen-bond acceptors (Lipinski definition) is 5. The van der Waals surface area contributed by atoms with Crippen molar-refractivity contribution in [1.29, 1.82) is 0 Å². The number of aromatic nitrogens is 2. The average molecular weight is 287 g/mol. The Balaban J connectivity index is 2.12. The first-order valence-corrected chi connectivity index (χ1v) is 7.70. The van der Waals surface area contributed by atoms with Gasteiger partial charge < -0.3 is 9.80 Å². The zero-order chi connectivity index (χ0) is 13.1. The lowest BCUT2D eigenvalue weighted by Gasteiger charge is -2.35. The van der Waals surface area contributed by atoms with Crippen LogP contribution in [-0.4, -0.2) is 54.4 Å². The summed E-state index contributed by atoms with van der Waals surface area (Å²) in [5.74, 6) is 0.925. The van der Waals surface area contributed by atoms with E-state index in [-0.39, 0.29) is 0 Å². The van der Waals surface area contributed by atoms with E-state index in [1.54, 1.807) is 0 Å². The van der Waals surface area contributed by atoms with Crippen molar-refractivity contribution in [2.75, 3.05) is 38.3 Å². The summed E-state index contributed by atoms with van der Waals surface area (Å²) in [6, 6.07) is 2.39. The largest absolute Gasteiger partial charge is 0.356 e. The summed E-state index contributed by atoms with van der Waals surface area (Å²) in [5.41, 5.74) is 0. The number of halogens is 1. The van der Waals surface area contributed by atoms with Gasteiger partial charge >= 0.3 is 0 Å². The van der Waals surface area contributed by atoms with E-state index in [4.69, 9.17) is 11.6 Å². The summed E-state index contributed by atoms with van der Waals surface area (Å²) in [5, 5.41) is 1.25. The maximum Gasteiger partial charge on any atom is 0.190 e. The van der Waals surface area contributed by atoms with E-state index in [2.05, 4.69) is 33.9 Å². The third-order valence-electron chi connectivity index (χ3n) is 3.44. The lowest BCUT2D eigenvalue weighted by atomic mass is 10.0. The number of likely N-dealkylation sites (tertiary alicyclic amines) is 1. The van der Waals surface area contributed by atoms with Crippen LogP contribution >= 0.6 is 23.4 Å². The molecule has 100 valence electrons. The second-order valence-corrected chi connectivity index (χ2v) is 5.84. The number of piperidine rings is 1. The Morgan fingerprint density at radius 3 is 2.67 bits per heavy atom. The molecular weight excluding hydrogens is 268 g/mol. The summed E-state index contributed by atoms with van der Waals surface area (Å²) in [4.78, 5) is 13.3. The third-order valence-corrected chi connectivity index (χ3v) is 4.18. The van der Waals surface area contributed by atoms with Crippen molar-refractivity contribution >= 4 is 29.2 Å². The second-order valence-electron chi connectivity index (χ2n) is 4.68. The summed E-state index contributed by atoms with van der Waals surface area (Å²) in [6.07, 6.45) is 4.30. The molecule has 0 unspecified atom stereocenters. The third kappa shape index (κ3) is 3.28. The Hall–Kier alpha value is -0.520. The van der Waals surface area contributed by atoms with Gasteiger partial charge in [-0.15, -0.1) is 0 Å². The molecule has 18 heavy (non-hydrogen) atoms. The highest BCUT2D eigenvalue weighted by molar-refractivity contribution is 7.98. The van der Waals surface area contributed by atoms with Crippen LogP contribution in [0.15, 0.2) is 11.2 Å². The van der Waals surface area contributed by atoms with Crippen LogP contribution in [0, 0.1) is 0 Å². The molecule has 1 aromatic rings. The van der Waals surface area contributed by atoms with Gasteiger partial charge in [-0.3, -0.25) is 0 Å². The average Bonchev–Trinajstić information content (AvgIpc) is 2.38. The van der Waals surface area contributed by atoms with Gasteiger partial charge in [-0.25, -0.2) is 9.97 Å². The molecule has 2 rings (SSSR count). The zero-order valence-corrected chi connectivity index (χ0v) is 12.6. The Kier molecular flexibility index (Phi) is 4.70. The molecule has 0 saturated carbocycles. The van der Waals surface area contributed by atoms with Gasteiger partial charge in [-0.2, -0.15) is 0 Å². The van der Waals surface area contributed by atoms with E-state index in [9.17, 15) is 0 Å². The van der Waals surface area contributed by atoms with Crippen molar-refractivity contribution < 1.29 is 0 Å². The molecule has 2 heterocycles. The highest BCUT2D eigenvalue weighted by Crippen LogP contribution is 2.24. The standard InChI is InChI=1S/C12H19ClN4S/c1-16-6-4-9(5-7-16)17(2)11-8-10(13)14-12(15-11)18-3/h8-9H,4-7H2,1-3H3. The molecule has 0 atom stereocenters. The molecule has 1 fully saturated rings. The fraction of sp³-hybridized carbons (Fsp3) is 0.667. The minimum atomic E-state index is 0.518. The number of thioether (sulfide) groups is 1. The van der Waals surface area contributed by atoms with Crippen LogP contribution in [0.2, 0.25) is 5.15 Å². The Bertz CT molecular complexity index is 407.